The summed E-state index contributed by atoms with van der Waals surface area (Å²) in [6, 6.07) is 3.98. The van der Waals surface area contributed by atoms with Gasteiger partial charge in [-0.25, -0.2) is 0 Å². The van der Waals surface area contributed by atoms with E-state index < -0.39 is 0 Å². The molecule has 3 heteroatoms. The molecule has 0 amide bonds. The highest BCUT2D eigenvalue weighted by molar-refractivity contribution is 6.06. The molecule has 1 aliphatic rings. The van der Waals surface area contributed by atoms with Crippen molar-refractivity contribution in [3.05, 3.63) is 71.9 Å². The monoisotopic (exact) mass is 310 g/mol. The lowest BCUT2D eigenvalue weighted by molar-refractivity contribution is 0.104. The molecule has 1 aromatic carbocycles. The average Bonchev–Trinajstić information content (AvgIpc) is 2.53. The molecule has 0 aromatic heterocycles. The third kappa shape index (κ3) is 4.46. The SMILES string of the molecule is CC=CC(C)C1=CC=CC(C=CC(=O)c2ccc(O)cc2O)C1. The van der Waals surface area contributed by atoms with Gasteiger partial charge >= 0.3 is 0 Å². The number of rotatable bonds is 5. The molecule has 0 saturated carbocycles. The zero-order valence-electron chi connectivity index (χ0n) is 13.4. The van der Waals surface area contributed by atoms with E-state index in [-0.39, 0.29) is 28.8 Å². The third-order valence-electron chi connectivity index (χ3n) is 3.95. The van der Waals surface area contributed by atoms with E-state index in [9.17, 15) is 15.0 Å². The van der Waals surface area contributed by atoms with Crippen LogP contribution in [0.3, 0.4) is 0 Å². The molecule has 0 saturated heterocycles. The number of aromatic hydroxyl groups is 2. The van der Waals surface area contributed by atoms with Crippen LogP contribution in [0.25, 0.3) is 0 Å². The summed E-state index contributed by atoms with van der Waals surface area (Å²) in [5.74, 6) is 0.0178. The molecule has 2 atom stereocenters. The molecule has 0 radical (unpaired) electrons. The van der Waals surface area contributed by atoms with Gasteiger partial charge in [0.15, 0.2) is 5.78 Å². The first-order chi connectivity index (χ1) is 11.0. The van der Waals surface area contributed by atoms with Gasteiger partial charge < -0.3 is 10.2 Å². The van der Waals surface area contributed by atoms with Crippen molar-refractivity contribution in [1.82, 2.24) is 0 Å². The first-order valence-corrected chi connectivity index (χ1v) is 7.76. The quantitative estimate of drug-likeness (QED) is 0.476. The minimum atomic E-state index is -0.270. The van der Waals surface area contributed by atoms with E-state index in [4.69, 9.17) is 0 Å². The molecule has 1 aromatic rings. The Bertz CT molecular complexity index is 693. The van der Waals surface area contributed by atoms with Crippen molar-refractivity contribution in [2.75, 3.05) is 0 Å². The Balaban J connectivity index is 2.05. The summed E-state index contributed by atoms with van der Waals surface area (Å²) in [6.07, 6.45) is 14.7. The molecular weight excluding hydrogens is 288 g/mol. The highest BCUT2D eigenvalue weighted by atomic mass is 16.3. The molecule has 23 heavy (non-hydrogen) atoms. The van der Waals surface area contributed by atoms with Crippen molar-refractivity contribution in [2.24, 2.45) is 11.8 Å². The molecule has 0 aliphatic heterocycles. The van der Waals surface area contributed by atoms with Crippen molar-refractivity contribution < 1.29 is 15.0 Å². The lowest BCUT2D eigenvalue weighted by atomic mass is 9.86. The second kappa shape index (κ2) is 7.63. The van der Waals surface area contributed by atoms with Gasteiger partial charge in [0.25, 0.3) is 0 Å². The lowest BCUT2D eigenvalue weighted by Gasteiger charge is -2.19. The highest BCUT2D eigenvalue weighted by Gasteiger charge is 2.14. The van der Waals surface area contributed by atoms with Crippen LogP contribution < -0.4 is 0 Å². The fraction of sp³-hybridized carbons (Fsp3) is 0.250. The van der Waals surface area contributed by atoms with Gasteiger partial charge in [-0.1, -0.05) is 49.0 Å². The Morgan fingerprint density at radius 2 is 2.13 bits per heavy atom. The number of hydrogen-bond acceptors (Lipinski definition) is 3. The predicted octanol–water partition coefficient (Wildman–Crippen LogP) is 4.55. The van der Waals surface area contributed by atoms with Gasteiger partial charge in [-0.15, -0.1) is 0 Å². The van der Waals surface area contributed by atoms with Crippen LogP contribution in [0.15, 0.2) is 66.3 Å². The Kier molecular flexibility index (Phi) is 5.58. The Hall–Kier alpha value is -2.55. The zero-order valence-corrected chi connectivity index (χ0v) is 13.4. The van der Waals surface area contributed by atoms with Gasteiger partial charge in [0.2, 0.25) is 0 Å². The van der Waals surface area contributed by atoms with Gasteiger partial charge in [0.1, 0.15) is 11.5 Å². The molecular formula is C20H22O3. The summed E-state index contributed by atoms with van der Waals surface area (Å²) in [5.41, 5.74) is 1.53. The van der Waals surface area contributed by atoms with Crippen LogP contribution in [-0.2, 0) is 0 Å². The van der Waals surface area contributed by atoms with Gasteiger partial charge in [0.05, 0.1) is 5.56 Å². The van der Waals surface area contributed by atoms with Gasteiger partial charge in [-0.05, 0) is 43.4 Å². The largest absolute Gasteiger partial charge is 0.508 e. The van der Waals surface area contributed by atoms with Gasteiger partial charge in [-0.2, -0.15) is 0 Å². The topological polar surface area (TPSA) is 57.5 Å². The van der Waals surface area contributed by atoms with Crippen LogP contribution in [-0.4, -0.2) is 16.0 Å². The van der Waals surface area contributed by atoms with E-state index in [2.05, 4.69) is 25.2 Å². The van der Waals surface area contributed by atoms with Crippen LogP contribution in [0.2, 0.25) is 0 Å². The number of carbonyl (C=O) groups is 1. The maximum absolute atomic E-state index is 12.2. The van der Waals surface area contributed by atoms with Crippen molar-refractivity contribution >= 4 is 5.78 Å². The molecule has 1 aliphatic carbocycles. The summed E-state index contributed by atoms with van der Waals surface area (Å²) in [6.45, 7) is 4.17. The fourth-order valence-corrected chi connectivity index (χ4v) is 2.64. The van der Waals surface area contributed by atoms with Crippen molar-refractivity contribution in [3.8, 4) is 11.5 Å². The van der Waals surface area contributed by atoms with Crippen LogP contribution in [0.5, 0.6) is 11.5 Å². The highest BCUT2D eigenvalue weighted by Crippen LogP contribution is 2.27. The van der Waals surface area contributed by atoms with Crippen LogP contribution in [0, 0.1) is 11.8 Å². The lowest BCUT2D eigenvalue weighted by Crippen LogP contribution is -2.06. The van der Waals surface area contributed by atoms with Gasteiger partial charge in [-0.3, -0.25) is 4.79 Å². The number of phenols is 2. The normalized spacial score (nSPS) is 19.2. The molecule has 3 nitrogen and oxygen atoms in total. The van der Waals surface area contributed by atoms with Crippen LogP contribution >= 0.6 is 0 Å². The van der Waals surface area contributed by atoms with Crippen LogP contribution in [0.4, 0.5) is 0 Å². The fourth-order valence-electron chi connectivity index (χ4n) is 2.64. The summed E-state index contributed by atoms with van der Waals surface area (Å²) in [7, 11) is 0. The molecule has 120 valence electrons. The number of phenolic OH excluding ortho intramolecular Hbond substituents is 2. The molecule has 0 heterocycles. The Morgan fingerprint density at radius 1 is 1.35 bits per heavy atom. The first-order valence-electron chi connectivity index (χ1n) is 7.76. The summed E-state index contributed by atoms with van der Waals surface area (Å²) in [4.78, 5) is 12.2. The molecule has 2 unspecified atom stereocenters. The predicted molar refractivity (Wildman–Crippen MR) is 92.6 cm³/mol. The first kappa shape index (κ1) is 16.8. The smallest absolute Gasteiger partial charge is 0.189 e. The van der Waals surface area contributed by atoms with Crippen molar-refractivity contribution in [2.45, 2.75) is 20.3 Å². The maximum Gasteiger partial charge on any atom is 0.189 e. The summed E-state index contributed by atoms with van der Waals surface area (Å²) >= 11 is 0. The Morgan fingerprint density at radius 3 is 2.83 bits per heavy atom. The van der Waals surface area contributed by atoms with E-state index in [0.717, 1.165) is 6.42 Å². The summed E-state index contributed by atoms with van der Waals surface area (Å²) in [5, 5.41) is 19.0. The van der Waals surface area contributed by atoms with E-state index in [0.29, 0.717) is 5.92 Å². The second-order valence-corrected chi connectivity index (χ2v) is 5.73. The van der Waals surface area contributed by atoms with Gasteiger partial charge in [0, 0.05) is 6.07 Å². The number of benzene rings is 1. The third-order valence-corrected chi connectivity index (χ3v) is 3.95. The molecule has 0 bridgehead atoms. The maximum atomic E-state index is 12.2. The van der Waals surface area contributed by atoms with Crippen LogP contribution in [0.1, 0.15) is 30.6 Å². The van der Waals surface area contributed by atoms with Crippen molar-refractivity contribution in [1.29, 1.82) is 0 Å². The average molecular weight is 310 g/mol. The number of ketones is 1. The van der Waals surface area contributed by atoms with E-state index in [1.54, 1.807) is 0 Å². The van der Waals surface area contributed by atoms with Crippen molar-refractivity contribution in [3.63, 3.8) is 0 Å². The molecule has 0 fully saturated rings. The minimum absolute atomic E-state index is 0.0639. The second-order valence-electron chi connectivity index (χ2n) is 5.73. The molecule has 2 rings (SSSR count). The Labute approximate surface area is 137 Å². The number of hydrogen-bond donors (Lipinski definition) is 2. The minimum Gasteiger partial charge on any atom is -0.508 e. The number of carbonyl (C=O) groups excluding carboxylic acids is 1. The van der Waals surface area contributed by atoms with E-state index >= 15 is 0 Å². The standard InChI is InChI=1S/C20H22O3/c1-3-5-14(2)16-7-4-6-15(12-16)8-11-19(22)18-10-9-17(21)13-20(18)23/h3-11,13-15,21,23H,12H2,1-2H3. The van der Waals surface area contributed by atoms with E-state index in [1.807, 2.05) is 25.2 Å². The zero-order chi connectivity index (χ0) is 16.8. The molecule has 2 N–H and O–H groups in total. The number of allylic oxidation sites excluding steroid dienone is 8. The molecule has 0 spiro atoms. The van der Waals surface area contributed by atoms with E-state index in [1.165, 1.54) is 29.8 Å². The summed E-state index contributed by atoms with van der Waals surface area (Å²) < 4.78 is 0.